The molecule has 0 unspecified atom stereocenters. The van der Waals surface area contributed by atoms with Crippen molar-refractivity contribution < 1.29 is 5.11 Å². The number of hydrogen-bond acceptors (Lipinski definition) is 2. The van der Waals surface area contributed by atoms with Gasteiger partial charge in [0.15, 0.2) is 0 Å². The second-order valence-electron chi connectivity index (χ2n) is 6.71. The summed E-state index contributed by atoms with van der Waals surface area (Å²) in [6, 6.07) is 3.95. The van der Waals surface area contributed by atoms with Crippen molar-refractivity contribution in [2.45, 2.75) is 58.9 Å². The van der Waals surface area contributed by atoms with Crippen LogP contribution in [0.15, 0.2) is 12.1 Å². The quantitative estimate of drug-likeness (QED) is 0.826. The molecule has 0 spiro atoms. The standard InChI is InChI=1S/C15H25NO/c1-10-7-12(14(2,3)4)13(17)8-11(10)9-15(5,6)16/h7-8,17H,9,16H2,1-6H3. The summed E-state index contributed by atoms with van der Waals surface area (Å²) in [5, 5.41) is 10.1. The molecule has 0 atom stereocenters. The Hall–Kier alpha value is -1.02. The van der Waals surface area contributed by atoms with E-state index >= 15 is 0 Å². The second kappa shape index (κ2) is 4.34. The van der Waals surface area contributed by atoms with Gasteiger partial charge in [-0.15, -0.1) is 0 Å². The predicted octanol–water partition coefficient (Wildman–Crippen LogP) is 3.28. The third-order valence-corrected chi connectivity index (χ3v) is 2.91. The molecule has 3 N–H and O–H groups in total. The molecule has 1 aromatic rings. The molecule has 0 fully saturated rings. The highest BCUT2D eigenvalue weighted by atomic mass is 16.3. The Morgan fingerprint density at radius 2 is 1.65 bits per heavy atom. The first kappa shape index (κ1) is 14.0. The van der Waals surface area contributed by atoms with Crippen molar-refractivity contribution in [2.24, 2.45) is 5.73 Å². The van der Waals surface area contributed by atoms with Gasteiger partial charge in [-0.05, 0) is 55.4 Å². The van der Waals surface area contributed by atoms with Crippen LogP contribution >= 0.6 is 0 Å². The van der Waals surface area contributed by atoms with Crippen LogP contribution in [-0.4, -0.2) is 10.6 Å². The van der Waals surface area contributed by atoms with E-state index in [0.29, 0.717) is 5.75 Å². The summed E-state index contributed by atoms with van der Waals surface area (Å²) in [6.45, 7) is 12.4. The van der Waals surface area contributed by atoms with Gasteiger partial charge in [-0.2, -0.15) is 0 Å². The number of rotatable bonds is 2. The summed E-state index contributed by atoms with van der Waals surface area (Å²) in [7, 11) is 0. The largest absolute Gasteiger partial charge is 0.508 e. The molecule has 0 radical (unpaired) electrons. The molecule has 1 aromatic carbocycles. The molecule has 17 heavy (non-hydrogen) atoms. The lowest BCUT2D eigenvalue weighted by atomic mass is 9.83. The highest BCUT2D eigenvalue weighted by Gasteiger charge is 2.21. The van der Waals surface area contributed by atoms with E-state index < -0.39 is 0 Å². The molecule has 0 aliphatic carbocycles. The zero-order valence-corrected chi connectivity index (χ0v) is 11.9. The summed E-state index contributed by atoms with van der Waals surface area (Å²) in [5.41, 5.74) is 9.07. The highest BCUT2D eigenvalue weighted by Crippen LogP contribution is 2.33. The molecular weight excluding hydrogens is 210 g/mol. The van der Waals surface area contributed by atoms with Crippen molar-refractivity contribution in [2.75, 3.05) is 0 Å². The van der Waals surface area contributed by atoms with Crippen molar-refractivity contribution in [1.82, 2.24) is 0 Å². The van der Waals surface area contributed by atoms with Gasteiger partial charge in [-0.1, -0.05) is 26.8 Å². The van der Waals surface area contributed by atoms with Crippen molar-refractivity contribution in [3.63, 3.8) is 0 Å². The maximum Gasteiger partial charge on any atom is 0.119 e. The summed E-state index contributed by atoms with van der Waals surface area (Å²) in [4.78, 5) is 0. The lowest BCUT2D eigenvalue weighted by Gasteiger charge is -2.24. The number of hydrogen-bond donors (Lipinski definition) is 2. The number of phenolic OH excluding ortho intramolecular Hbond substituents is 1. The van der Waals surface area contributed by atoms with E-state index in [9.17, 15) is 5.11 Å². The summed E-state index contributed by atoms with van der Waals surface area (Å²) >= 11 is 0. The van der Waals surface area contributed by atoms with Gasteiger partial charge >= 0.3 is 0 Å². The molecule has 96 valence electrons. The fourth-order valence-electron chi connectivity index (χ4n) is 2.02. The number of aromatic hydroxyl groups is 1. The molecule has 0 amide bonds. The maximum absolute atomic E-state index is 10.1. The Morgan fingerprint density at radius 3 is 2.06 bits per heavy atom. The molecule has 1 rings (SSSR count). The van der Waals surface area contributed by atoms with Gasteiger partial charge in [0.2, 0.25) is 0 Å². The molecule has 0 aliphatic rings. The topological polar surface area (TPSA) is 46.2 Å². The molecular formula is C15H25NO. The monoisotopic (exact) mass is 235 g/mol. The van der Waals surface area contributed by atoms with Crippen molar-refractivity contribution in [3.05, 3.63) is 28.8 Å². The van der Waals surface area contributed by atoms with E-state index in [1.807, 2.05) is 19.9 Å². The Bertz CT molecular complexity index is 408. The van der Waals surface area contributed by atoms with Crippen LogP contribution in [0.25, 0.3) is 0 Å². The van der Waals surface area contributed by atoms with E-state index in [0.717, 1.165) is 17.5 Å². The first-order valence-corrected chi connectivity index (χ1v) is 6.12. The first-order valence-electron chi connectivity index (χ1n) is 6.12. The van der Waals surface area contributed by atoms with E-state index in [-0.39, 0.29) is 11.0 Å². The molecule has 0 saturated carbocycles. The molecule has 0 bridgehead atoms. The fourth-order valence-corrected chi connectivity index (χ4v) is 2.02. The lowest BCUT2D eigenvalue weighted by Crippen LogP contribution is -2.34. The zero-order valence-electron chi connectivity index (χ0n) is 11.9. The summed E-state index contributed by atoms with van der Waals surface area (Å²) in [5.74, 6) is 0.377. The third kappa shape index (κ3) is 3.74. The lowest BCUT2D eigenvalue weighted by molar-refractivity contribution is 0.443. The van der Waals surface area contributed by atoms with Crippen LogP contribution in [0.2, 0.25) is 0 Å². The van der Waals surface area contributed by atoms with Crippen LogP contribution in [0.3, 0.4) is 0 Å². The molecule has 0 aromatic heterocycles. The zero-order chi connectivity index (χ0) is 13.4. The Labute approximate surface area is 105 Å². The van der Waals surface area contributed by atoms with Crippen molar-refractivity contribution in [3.8, 4) is 5.75 Å². The number of benzene rings is 1. The van der Waals surface area contributed by atoms with Crippen LogP contribution in [0.1, 0.15) is 51.3 Å². The van der Waals surface area contributed by atoms with Gasteiger partial charge < -0.3 is 10.8 Å². The Morgan fingerprint density at radius 1 is 1.12 bits per heavy atom. The van der Waals surface area contributed by atoms with Crippen LogP contribution in [0.5, 0.6) is 5.75 Å². The van der Waals surface area contributed by atoms with Gasteiger partial charge in [0.05, 0.1) is 0 Å². The average Bonchev–Trinajstić information content (AvgIpc) is 2.06. The summed E-state index contributed by atoms with van der Waals surface area (Å²) in [6.07, 6.45) is 0.775. The van der Waals surface area contributed by atoms with E-state index in [2.05, 4.69) is 33.8 Å². The van der Waals surface area contributed by atoms with E-state index in [1.54, 1.807) is 0 Å². The molecule has 2 nitrogen and oxygen atoms in total. The minimum atomic E-state index is -0.250. The van der Waals surface area contributed by atoms with Gasteiger partial charge in [-0.3, -0.25) is 0 Å². The smallest absolute Gasteiger partial charge is 0.119 e. The van der Waals surface area contributed by atoms with Crippen molar-refractivity contribution in [1.29, 1.82) is 0 Å². The average molecular weight is 235 g/mol. The van der Waals surface area contributed by atoms with E-state index in [1.165, 1.54) is 5.56 Å². The van der Waals surface area contributed by atoms with E-state index in [4.69, 9.17) is 5.73 Å². The first-order chi connectivity index (χ1) is 7.50. The van der Waals surface area contributed by atoms with Gasteiger partial charge in [-0.25, -0.2) is 0 Å². The second-order valence-corrected chi connectivity index (χ2v) is 6.71. The normalized spacial score (nSPS) is 12.9. The van der Waals surface area contributed by atoms with Gasteiger partial charge in [0.25, 0.3) is 0 Å². The summed E-state index contributed by atoms with van der Waals surface area (Å²) < 4.78 is 0. The van der Waals surface area contributed by atoms with Gasteiger partial charge in [0.1, 0.15) is 5.75 Å². The number of aryl methyl sites for hydroxylation is 1. The predicted molar refractivity (Wildman–Crippen MR) is 73.5 cm³/mol. The number of phenols is 1. The van der Waals surface area contributed by atoms with Crippen LogP contribution < -0.4 is 5.73 Å². The maximum atomic E-state index is 10.1. The SMILES string of the molecule is Cc1cc(C(C)(C)C)c(O)cc1CC(C)(C)N. The molecule has 0 aliphatic heterocycles. The molecule has 0 saturated heterocycles. The van der Waals surface area contributed by atoms with Crippen LogP contribution in [-0.2, 0) is 11.8 Å². The van der Waals surface area contributed by atoms with Crippen molar-refractivity contribution >= 4 is 0 Å². The molecule has 0 heterocycles. The third-order valence-electron chi connectivity index (χ3n) is 2.91. The Balaban J connectivity index is 3.19. The van der Waals surface area contributed by atoms with Crippen LogP contribution in [0, 0.1) is 6.92 Å². The minimum absolute atomic E-state index is 0.0361. The Kier molecular flexibility index (Phi) is 3.58. The fraction of sp³-hybridized carbons (Fsp3) is 0.600. The minimum Gasteiger partial charge on any atom is -0.508 e. The van der Waals surface area contributed by atoms with Crippen LogP contribution in [0.4, 0.5) is 0 Å². The number of nitrogens with two attached hydrogens (primary N) is 1. The van der Waals surface area contributed by atoms with Gasteiger partial charge in [0, 0.05) is 5.54 Å². The highest BCUT2D eigenvalue weighted by molar-refractivity contribution is 5.45. The molecule has 2 heteroatoms.